The van der Waals surface area contributed by atoms with Crippen molar-refractivity contribution in [3.8, 4) is 5.75 Å². The number of ether oxygens (including phenoxy) is 1. The fourth-order valence-electron chi connectivity index (χ4n) is 3.58. The number of hydrogen-bond acceptors (Lipinski definition) is 6. The average Bonchev–Trinajstić information content (AvgIpc) is 3.00. The molecule has 0 saturated carbocycles. The molecule has 1 aliphatic rings. The molecule has 1 fully saturated rings. The Bertz CT molecular complexity index is 681. The van der Waals surface area contributed by atoms with Crippen molar-refractivity contribution in [1.82, 2.24) is 15.0 Å². The van der Waals surface area contributed by atoms with Gasteiger partial charge in [-0.3, -0.25) is 4.90 Å². The molecular weight excluding hydrogens is 318 g/mol. The van der Waals surface area contributed by atoms with Crippen LogP contribution in [0.1, 0.15) is 42.6 Å². The van der Waals surface area contributed by atoms with E-state index in [1.54, 1.807) is 0 Å². The maximum atomic E-state index is 9.64. The van der Waals surface area contributed by atoms with Crippen LogP contribution in [-0.2, 0) is 13.2 Å². The summed E-state index contributed by atoms with van der Waals surface area (Å²) in [6, 6.07) is 6.26. The quantitative estimate of drug-likeness (QED) is 0.868. The Morgan fingerprint density at radius 2 is 2.04 bits per heavy atom. The number of aliphatic hydroxyl groups excluding tert-OH is 1. The zero-order valence-corrected chi connectivity index (χ0v) is 15.2. The van der Waals surface area contributed by atoms with E-state index in [-0.39, 0.29) is 19.3 Å². The first-order chi connectivity index (χ1) is 12.0. The standard InChI is InChI=1S/C19H27N3O3/c1-13-7-14(2)9-16(8-13)24-12-18-20-19(25-21-18)10-22-6-4-5-15(3)17(22)11-23/h7-9,15,17,23H,4-6,10-12H2,1-3H3. The number of rotatable bonds is 6. The lowest BCUT2D eigenvalue weighted by Crippen LogP contribution is -2.46. The summed E-state index contributed by atoms with van der Waals surface area (Å²) < 4.78 is 11.1. The molecule has 2 aromatic rings. The fraction of sp³-hybridized carbons (Fsp3) is 0.579. The second-order valence-corrected chi connectivity index (χ2v) is 7.06. The zero-order chi connectivity index (χ0) is 17.8. The number of likely N-dealkylation sites (tertiary alicyclic amines) is 1. The van der Waals surface area contributed by atoms with E-state index >= 15 is 0 Å². The minimum Gasteiger partial charge on any atom is -0.485 e. The van der Waals surface area contributed by atoms with Gasteiger partial charge in [-0.05, 0) is 62.4 Å². The second kappa shape index (κ2) is 7.97. The zero-order valence-electron chi connectivity index (χ0n) is 15.2. The molecule has 6 heteroatoms. The van der Waals surface area contributed by atoms with Gasteiger partial charge in [0, 0.05) is 6.04 Å². The van der Waals surface area contributed by atoms with Gasteiger partial charge in [0.2, 0.25) is 11.7 Å². The Kier molecular flexibility index (Phi) is 5.71. The summed E-state index contributed by atoms with van der Waals surface area (Å²) in [4.78, 5) is 6.66. The first-order valence-corrected chi connectivity index (χ1v) is 8.92. The molecule has 0 radical (unpaired) electrons. The van der Waals surface area contributed by atoms with Crippen molar-refractivity contribution in [1.29, 1.82) is 0 Å². The van der Waals surface area contributed by atoms with Crippen LogP contribution in [0, 0.1) is 19.8 Å². The number of benzene rings is 1. The molecule has 0 spiro atoms. The molecule has 1 aliphatic heterocycles. The predicted octanol–water partition coefficient (Wildman–Crippen LogP) is 2.86. The van der Waals surface area contributed by atoms with Crippen molar-refractivity contribution in [2.45, 2.75) is 52.8 Å². The SMILES string of the molecule is Cc1cc(C)cc(OCc2noc(CN3CCCC(C)C3CO)n2)c1. The van der Waals surface area contributed by atoms with E-state index in [1.807, 2.05) is 26.0 Å². The van der Waals surface area contributed by atoms with E-state index in [9.17, 15) is 5.11 Å². The summed E-state index contributed by atoms with van der Waals surface area (Å²) in [7, 11) is 0. The highest BCUT2D eigenvalue weighted by atomic mass is 16.5. The molecule has 3 rings (SSSR count). The summed E-state index contributed by atoms with van der Waals surface area (Å²) in [6.07, 6.45) is 2.29. The number of hydrogen-bond donors (Lipinski definition) is 1. The lowest BCUT2D eigenvalue weighted by Gasteiger charge is -2.38. The van der Waals surface area contributed by atoms with Gasteiger partial charge < -0.3 is 14.4 Å². The van der Waals surface area contributed by atoms with E-state index in [2.05, 4.69) is 28.0 Å². The minimum absolute atomic E-state index is 0.163. The maximum Gasteiger partial charge on any atom is 0.240 e. The highest BCUT2D eigenvalue weighted by Crippen LogP contribution is 2.24. The third-order valence-corrected chi connectivity index (χ3v) is 4.83. The van der Waals surface area contributed by atoms with Crippen LogP contribution in [0.3, 0.4) is 0 Å². The Hall–Kier alpha value is -1.92. The van der Waals surface area contributed by atoms with Crippen LogP contribution < -0.4 is 4.74 Å². The number of aryl methyl sites for hydroxylation is 2. The highest BCUT2D eigenvalue weighted by molar-refractivity contribution is 5.33. The summed E-state index contributed by atoms with van der Waals surface area (Å²) in [5, 5.41) is 13.7. The van der Waals surface area contributed by atoms with Crippen molar-refractivity contribution in [2.24, 2.45) is 5.92 Å². The number of aromatic nitrogens is 2. The average molecular weight is 345 g/mol. The van der Waals surface area contributed by atoms with Crippen LogP contribution in [0.25, 0.3) is 0 Å². The van der Waals surface area contributed by atoms with Gasteiger partial charge in [0.1, 0.15) is 5.75 Å². The van der Waals surface area contributed by atoms with Gasteiger partial charge in [-0.15, -0.1) is 0 Å². The Balaban J connectivity index is 1.58. The molecule has 6 nitrogen and oxygen atoms in total. The smallest absolute Gasteiger partial charge is 0.240 e. The molecular formula is C19H27N3O3. The van der Waals surface area contributed by atoms with Gasteiger partial charge in [0.25, 0.3) is 0 Å². The topological polar surface area (TPSA) is 71.6 Å². The van der Waals surface area contributed by atoms with Crippen molar-refractivity contribution in [3.63, 3.8) is 0 Å². The summed E-state index contributed by atoms with van der Waals surface area (Å²) in [5.74, 6) is 2.41. The molecule has 1 saturated heterocycles. The van der Waals surface area contributed by atoms with Crippen LogP contribution in [0.2, 0.25) is 0 Å². The maximum absolute atomic E-state index is 9.64. The third kappa shape index (κ3) is 4.58. The van der Waals surface area contributed by atoms with E-state index < -0.39 is 0 Å². The van der Waals surface area contributed by atoms with Crippen LogP contribution >= 0.6 is 0 Å². The molecule has 2 heterocycles. The number of piperidine rings is 1. The van der Waals surface area contributed by atoms with Crippen molar-refractivity contribution >= 4 is 0 Å². The number of aliphatic hydroxyl groups is 1. The molecule has 1 aromatic carbocycles. The largest absolute Gasteiger partial charge is 0.485 e. The van der Waals surface area contributed by atoms with Gasteiger partial charge in [0.05, 0.1) is 13.2 Å². The highest BCUT2D eigenvalue weighted by Gasteiger charge is 2.29. The van der Waals surface area contributed by atoms with Gasteiger partial charge >= 0.3 is 0 Å². The lowest BCUT2D eigenvalue weighted by atomic mass is 9.91. The monoisotopic (exact) mass is 345 g/mol. The van der Waals surface area contributed by atoms with Crippen molar-refractivity contribution in [2.75, 3.05) is 13.2 Å². The van der Waals surface area contributed by atoms with Crippen LogP contribution in [0.5, 0.6) is 5.75 Å². The first kappa shape index (κ1) is 17.9. The molecule has 0 bridgehead atoms. The van der Waals surface area contributed by atoms with Crippen LogP contribution in [0.4, 0.5) is 0 Å². The fourth-order valence-corrected chi connectivity index (χ4v) is 3.58. The van der Waals surface area contributed by atoms with Crippen molar-refractivity contribution in [3.05, 3.63) is 41.0 Å². The Labute approximate surface area is 148 Å². The van der Waals surface area contributed by atoms with E-state index in [4.69, 9.17) is 9.26 Å². The molecule has 2 unspecified atom stereocenters. The third-order valence-electron chi connectivity index (χ3n) is 4.83. The lowest BCUT2D eigenvalue weighted by molar-refractivity contribution is 0.0400. The summed E-state index contributed by atoms with van der Waals surface area (Å²) >= 11 is 0. The van der Waals surface area contributed by atoms with Crippen molar-refractivity contribution < 1.29 is 14.4 Å². The van der Waals surface area contributed by atoms with E-state index in [0.29, 0.717) is 24.2 Å². The molecule has 1 aromatic heterocycles. The van der Waals surface area contributed by atoms with Gasteiger partial charge in [-0.2, -0.15) is 4.98 Å². The molecule has 1 N–H and O–H groups in total. The first-order valence-electron chi connectivity index (χ1n) is 8.92. The Morgan fingerprint density at radius 1 is 1.28 bits per heavy atom. The van der Waals surface area contributed by atoms with Gasteiger partial charge in [0.15, 0.2) is 6.61 Å². The Morgan fingerprint density at radius 3 is 2.76 bits per heavy atom. The summed E-state index contributed by atoms with van der Waals surface area (Å²) in [6.45, 7) is 8.25. The second-order valence-electron chi connectivity index (χ2n) is 7.06. The molecule has 0 aliphatic carbocycles. The molecule has 136 valence electrons. The number of nitrogens with zero attached hydrogens (tertiary/aromatic N) is 3. The van der Waals surface area contributed by atoms with Gasteiger partial charge in [-0.1, -0.05) is 18.1 Å². The normalized spacial score (nSPS) is 21.4. The predicted molar refractivity (Wildman–Crippen MR) is 94.2 cm³/mol. The van der Waals surface area contributed by atoms with E-state index in [0.717, 1.165) is 36.3 Å². The van der Waals surface area contributed by atoms with Crippen LogP contribution in [0.15, 0.2) is 22.7 Å². The minimum atomic E-state index is 0.163. The van der Waals surface area contributed by atoms with E-state index in [1.165, 1.54) is 0 Å². The van der Waals surface area contributed by atoms with Gasteiger partial charge in [-0.25, -0.2) is 0 Å². The molecule has 2 atom stereocenters. The molecule has 25 heavy (non-hydrogen) atoms. The summed E-state index contributed by atoms with van der Waals surface area (Å²) in [5.41, 5.74) is 2.33. The van der Waals surface area contributed by atoms with Crippen LogP contribution in [-0.4, -0.2) is 39.3 Å². The molecule has 0 amide bonds.